The lowest BCUT2D eigenvalue weighted by atomic mass is 10.2. The number of alkyl halides is 1. The SMILES string of the molecule is Cc1ccc(C(=O)N2CC(Br)CC2C)o1. The van der Waals surface area contributed by atoms with E-state index in [9.17, 15) is 4.79 Å². The van der Waals surface area contributed by atoms with Crippen LogP contribution in [0.1, 0.15) is 29.7 Å². The minimum atomic E-state index is -0.00227. The minimum Gasteiger partial charge on any atom is -0.456 e. The van der Waals surface area contributed by atoms with E-state index in [0.717, 1.165) is 18.7 Å². The van der Waals surface area contributed by atoms with Crippen molar-refractivity contribution in [1.29, 1.82) is 0 Å². The summed E-state index contributed by atoms with van der Waals surface area (Å²) in [4.78, 5) is 14.3. The quantitative estimate of drug-likeness (QED) is 0.736. The third-order valence-corrected chi connectivity index (χ3v) is 3.40. The van der Waals surface area contributed by atoms with E-state index in [4.69, 9.17) is 4.42 Å². The Morgan fingerprint density at radius 1 is 1.60 bits per heavy atom. The van der Waals surface area contributed by atoms with Crippen LogP contribution in [0.2, 0.25) is 0 Å². The molecule has 1 aliphatic heterocycles. The van der Waals surface area contributed by atoms with Gasteiger partial charge in [0, 0.05) is 17.4 Å². The number of nitrogens with zero attached hydrogens (tertiary/aromatic N) is 1. The van der Waals surface area contributed by atoms with Gasteiger partial charge in [0.05, 0.1) is 0 Å². The van der Waals surface area contributed by atoms with Gasteiger partial charge in [-0.05, 0) is 32.4 Å². The number of furan rings is 1. The predicted octanol–water partition coefficient (Wildman–Crippen LogP) is 2.59. The van der Waals surface area contributed by atoms with Crippen molar-refractivity contribution in [3.8, 4) is 0 Å². The van der Waals surface area contributed by atoms with Gasteiger partial charge in [-0.15, -0.1) is 0 Å². The lowest BCUT2D eigenvalue weighted by molar-refractivity contribution is 0.0714. The van der Waals surface area contributed by atoms with Crippen LogP contribution in [-0.4, -0.2) is 28.2 Å². The molecule has 0 aliphatic carbocycles. The van der Waals surface area contributed by atoms with Crippen molar-refractivity contribution in [1.82, 2.24) is 4.90 Å². The highest BCUT2D eigenvalue weighted by molar-refractivity contribution is 9.09. The number of rotatable bonds is 1. The highest BCUT2D eigenvalue weighted by atomic mass is 79.9. The van der Waals surface area contributed by atoms with E-state index in [0.29, 0.717) is 10.6 Å². The fourth-order valence-corrected chi connectivity index (χ4v) is 2.79. The lowest BCUT2D eigenvalue weighted by Crippen LogP contribution is -2.33. The van der Waals surface area contributed by atoms with Gasteiger partial charge >= 0.3 is 0 Å². The van der Waals surface area contributed by atoms with Crippen LogP contribution in [-0.2, 0) is 0 Å². The summed E-state index contributed by atoms with van der Waals surface area (Å²) < 4.78 is 5.33. The number of halogens is 1. The van der Waals surface area contributed by atoms with Gasteiger partial charge in [-0.1, -0.05) is 15.9 Å². The zero-order valence-electron chi connectivity index (χ0n) is 8.87. The van der Waals surface area contributed by atoms with E-state index in [1.165, 1.54) is 0 Å². The van der Waals surface area contributed by atoms with Crippen LogP contribution >= 0.6 is 15.9 Å². The monoisotopic (exact) mass is 271 g/mol. The van der Waals surface area contributed by atoms with E-state index >= 15 is 0 Å². The molecule has 2 atom stereocenters. The third kappa shape index (κ3) is 2.09. The molecule has 2 heterocycles. The van der Waals surface area contributed by atoms with Gasteiger partial charge in [0.1, 0.15) is 5.76 Å². The van der Waals surface area contributed by atoms with Crippen molar-refractivity contribution in [2.45, 2.75) is 31.1 Å². The summed E-state index contributed by atoms with van der Waals surface area (Å²) in [5, 5.41) is 0. The summed E-state index contributed by atoms with van der Waals surface area (Å²) in [5.74, 6) is 1.22. The van der Waals surface area contributed by atoms with Crippen LogP contribution in [0.15, 0.2) is 16.5 Å². The first-order valence-electron chi connectivity index (χ1n) is 5.09. The highest BCUT2D eigenvalue weighted by Crippen LogP contribution is 2.25. The molecule has 15 heavy (non-hydrogen) atoms. The van der Waals surface area contributed by atoms with Crippen LogP contribution in [0, 0.1) is 6.92 Å². The highest BCUT2D eigenvalue weighted by Gasteiger charge is 2.32. The van der Waals surface area contributed by atoms with Crippen LogP contribution in [0.4, 0.5) is 0 Å². The van der Waals surface area contributed by atoms with Crippen molar-refractivity contribution in [3.05, 3.63) is 23.7 Å². The lowest BCUT2D eigenvalue weighted by Gasteiger charge is -2.19. The van der Waals surface area contributed by atoms with Gasteiger partial charge in [-0.3, -0.25) is 4.79 Å². The van der Waals surface area contributed by atoms with E-state index in [-0.39, 0.29) is 11.9 Å². The van der Waals surface area contributed by atoms with E-state index in [1.54, 1.807) is 6.07 Å². The fraction of sp³-hybridized carbons (Fsp3) is 0.545. The predicted molar refractivity (Wildman–Crippen MR) is 61.3 cm³/mol. The number of carbonyl (C=O) groups is 1. The number of hydrogen-bond donors (Lipinski definition) is 0. The van der Waals surface area contributed by atoms with E-state index in [2.05, 4.69) is 22.9 Å². The van der Waals surface area contributed by atoms with Crippen molar-refractivity contribution in [3.63, 3.8) is 0 Å². The molecule has 3 nitrogen and oxygen atoms in total. The number of aryl methyl sites for hydroxylation is 1. The Balaban J connectivity index is 2.15. The Kier molecular flexibility index (Phi) is 2.87. The molecular formula is C11H14BrNO2. The zero-order valence-corrected chi connectivity index (χ0v) is 10.5. The molecule has 1 aromatic heterocycles. The standard InChI is InChI=1S/C11H14BrNO2/c1-7-5-9(12)6-13(7)11(14)10-4-3-8(2)15-10/h3-4,7,9H,5-6H2,1-2H3. The maximum Gasteiger partial charge on any atom is 0.289 e. The van der Waals surface area contributed by atoms with E-state index < -0.39 is 0 Å². The number of hydrogen-bond acceptors (Lipinski definition) is 2. The third-order valence-electron chi connectivity index (χ3n) is 2.74. The number of carbonyl (C=O) groups excluding carboxylic acids is 1. The molecule has 1 aromatic rings. The minimum absolute atomic E-state index is 0.00227. The maximum absolute atomic E-state index is 12.0. The van der Waals surface area contributed by atoms with Gasteiger partial charge in [0.2, 0.25) is 0 Å². The molecule has 1 aliphatic rings. The van der Waals surface area contributed by atoms with Gasteiger partial charge in [0.15, 0.2) is 5.76 Å². The molecule has 82 valence electrons. The molecule has 4 heteroatoms. The van der Waals surface area contributed by atoms with E-state index in [1.807, 2.05) is 17.9 Å². The van der Waals surface area contributed by atoms with Crippen molar-refractivity contribution in [2.24, 2.45) is 0 Å². The van der Waals surface area contributed by atoms with Crippen molar-refractivity contribution < 1.29 is 9.21 Å². The normalized spacial score (nSPS) is 25.9. The number of amides is 1. The first-order chi connectivity index (χ1) is 7.08. The second kappa shape index (κ2) is 4.00. The first-order valence-corrected chi connectivity index (χ1v) is 6.01. The molecule has 1 saturated heterocycles. The molecule has 0 saturated carbocycles. The smallest absolute Gasteiger partial charge is 0.289 e. The molecule has 0 bridgehead atoms. The van der Waals surface area contributed by atoms with Crippen LogP contribution in [0.25, 0.3) is 0 Å². The average Bonchev–Trinajstić information content (AvgIpc) is 2.71. The molecule has 2 unspecified atom stereocenters. The molecule has 0 radical (unpaired) electrons. The van der Waals surface area contributed by atoms with Gasteiger partial charge in [0.25, 0.3) is 5.91 Å². The molecule has 0 aromatic carbocycles. The Bertz CT molecular complexity index is 374. The second-order valence-electron chi connectivity index (χ2n) is 4.05. The first kappa shape index (κ1) is 10.7. The zero-order chi connectivity index (χ0) is 11.0. The van der Waals surface area contributed by atoms with Crippen molar-refractivity contribution >= 4 is 21.8 Å². The number of likely N-dealkylation sites (tertiary alicyclic amines) is 1. The van der Waals surface area contributed by atoms with Crippen LogP contribution in [0.3, 0.4) is 0 Å². The average molecular weight is 272 g/mol. The Morgan fingerprint density at radius 2 is 2.33 bits per heavy atom. The van der Waals surface area contributed by atoms with Gasteiger partial charge in [-0.2, -0.15) is 0 Å². The summed E-state index contributed by atoms with van der Waals surface area (Å²) in [5.41, 5.74) is 0. The fourth-order valence-electron chi connectivity index (χ4n) is 1.94. The van der Waals surface area contributed by atoms with Crippen molar-refractivity contribution in [2.75, 3.05) is 6.54 Å². The molecule has 0 N–H and O–H groups in total. The molecular weight excluding hydrogens is 258 g/mol. The maximum atomic E-state index is 12.0. The van der Waals surface area contributed by atoms with Gasteiger partial charge < -0.3 is 9.32 Å². The summed E-state index contributed by atoms with van der Waals surface area (Å²) in [6, 6.07) is 3.85. The Morgan fingerprint density at radius 3 is 2.80 bits per heavy atom. The topological polar surface area (TPSA) is 33.5 Å². The molecule has 2 rings (SSSR count). The molecule has 1 fully saturated rings. The summed E-state index contributed by atoms with van der Waals surface area (Å²) in [6.07, 6.45) is 1.01. The summed E-state index contributed by atoms with van der Waals surface area (Å²) in [6.45, 7) is 4.67. The Labute approximate surface area is 97.6 Å². The largest absolute Gasteiger partial charge is 0.456 e. The molecule has 1 amide bonds. The van der Waals surface area contributed by atoms with Gasteiger partial charge in [-0.25, -0.2) is 0 Å². The van der Waals surface area contributed by atoms with Crippen LogP contribution < -0.4 is 0 Å². The van der Waals surface area contributed by atoms with Crippen LogP contribution in [0.5, 0.6) is 0 Å². The Hall–Kier alpha value is -0.770. The second-order valence-corrected chi connectivity index (χ2v) is 5.34. The molecule has 0 spiro atoms. The summed E-state index contributed by atoms with van der Waals surface area (Å²) >= 11 is 3.54. The summed E-state index contributed by atoms with van der Waals surface area (Å²) in [7, 11) is 0.